The minimum Gasteiger partial charge on any atom is -0.294 e. The van der Waals surface area contributed by atoms with Crippen LogP contribution in [-0.2, 0) is 0 Å². The topological polar surface area (TPSA) is 17.1 Å². The number of ketones is 1. The van der Waals surface area contributed by atoms with Crippen molar-refractivity contribution in [1.82, 2.24) is 0 Å². The number of hydrogen-bond acceptors (Lipinski definition) is 1. The second-order valence-corrected chi connectivity index (χ2v) is 5.41. The minimum absolute atomic E-state index is 0.118. The van der Waals surface area contributed by atoms with E-state index in [-0.39, 0.29) is 5.78 Å². The monoisotopic (exact) mass is 270 g/mol. The maximum atomic E-state index is 12.2. The number of fused-ring (bicyclic) bond motifs is 4. The number of benzene rings is 4. The maximum Gasteiger partial charge on any atom is 0.161 e. The van der Waals surface area contributed by atoms with Gasteiger partial charge in [0.1, 0.15) is 0 Å². The Morgan fingerprint density at radius 2 is 1.33 bits per heavy atom. The fourth-order valence-corrected chi connectivity index (χ4v) is 3.20. The number of Topliss-reactive ketones (excluding diaryl/α,β-unsaturated/α-hetero) is 1. The molecule has 0 aromatic heterocycles. The van der Waals surface area contributed by atoms with Gasteiger partial charge in [-0.2, -0.15) is 0 Å². The maximum absolute atomic E-state index is 12.2. The Labute approximate surface area is 122 Å². The normalized spacial score (nSPS) is 11.3. The summed E-state index contributed by atoms with van der Waals surface area (Å²) in [5.74, 6) is 0.118. The Morgan fingerprint density at radius 1 is 0.667 bits per heavy atom. The lowest BCUT2D eigenvalue weighted by atomic mass is 9.92. The van der Waals surface area contributed by atoms with Crippen molar-refractivity contribution >= 4 is 38.1 Å². The first-order chi connectivity index (χ1) is 10.3. The van der Waals surface area contributed by atoms with Crippen molar-refractivity contribution < 1.29 is 4.79 Å². The molecular formula is C20H14O. The summed E-state index contributed by atoms with van der Waals surface area (Å²) in [4.78, 5) is 12.2. The molecule has 0 amide bonds. The van der Waals surface area contributed by atoms with Gasteiger partial charge in [0.2, 0.25) is 0 Å². The van der Waals surface area contributed by atoms with Gasteiger partial charge in [-0.15, -0.1) is 0 Å². The molecule has 1 heteroatoms. The summed E-state index contributed by atoms with van der Waals surface area (Å²) in [6.45, 7) is 1.65. The van der Waals surface area contributed by atoms with Crippen LogP contribution in [0.2, 0.25) is 0 Å². The van der Waals surface area contributed by atoms with E-state index in [2.05, 4.69) is 36.4 Å². The molecule has 0 heterocycles. The van der Waals surface area contributed by atoms with E-state index in [9.17, 15) is 4.79 Å². The van der Waals surface area contributed by atoms with Crippen LogP contribution in [-0.4, -0.2) is 5.78 Å². The molecule has 0 fully saturated rings. The summed E-state index contributed by atoms with van der Waals surface area (Å²) in [6, 6.07) is 22.8. The van der Waals surface area contributed by atoms with E-state index in [1.54, 1.807) is 6.92 Å². The first kappa shape index (κ1) is 12.1. The molecular weight excluding hydrogens is 256 g/mol. The van der Waals surface area contributed by atoms with Crippen LogP contribution in [0.3, 0.4) is 0 Å². The zero-order valence-corrected chi connectivity index (χ0v) is 11.8. The van der Waals surface area contributed by atoms with Crippen LogP contribution >= 0.6 is 0 Å². The number of rotatable bonds is 1. The largest absolute Gasteiger partial charge is 0.294 e. The highest BCUT2D eigenvalue weighted by Crippen LogP contribution is 2.33. The third-order valence-electron chi connectivity index (χ3n) is 4.12. The van der Waals surface area contributed by atoms with Gasteiger partial charge in [-0.25, -0.2) is 0 Å². The lowest BCUT2D eigenvalue weighted by molar-refractivity contribution is 0.102. The minimum atomic E-state index is 0.118. The molecule has 100 valence electrons. The summed E-state index contributed by atoms with van der Waals surface area (Å²) >= 11 is 0. The van der Waals surface area contributed by atoms with Gasteiger partial charge >= 0.3 is 0 Å². The van der Waals surface area contributed by atoms with Crippen LogP contribution in [0.15, 0.2) is 66.7 Å². The van der Waals surface area contributed by atoms with Gasteiger partial charge in [-0.3, -0.25) is 4.79 Å². The van der Waals surface area contributed by atoms with Gasteiger partial charge in [-0.05, 0) is 45.3 Å². The average Bonchev–Trinajstić information content (AvgIpc) is 2.52. The molecule has 1 nitrogen and oxygen atoms in total. The molecule has 0 radical (unpaired) electrons. The van der Waals surface area contributed by atoms with Gasteiger partial charge in [0.05, 0.1) is 0 Å². The standard InChI is InChI=1S/C20H14O/c1-13(21)20-17-9-5-3-7-15(17)12-19-16-8-4-2-6-14(16)10-11-18(19)20/h2-12H,1H3. The third-order valence-corrected chi connectivity index (χ3v) is 4.12. The van der Waals surface area contributed by atoms with Crippen molar-refractivity contribution in [2.24, 2.45) is 0 Å². The lowest BCUT2D eigenvalue weighted by Crippen LogP contribution is -1.96. The van der Waals surface area contributed by atoms with Crippen LogP contribution in [0.1, 0.15) is 17.3 Å². The number of carbonyl (C=O) groups is 1. The van der Waals surface area contributed by atoms with Crippen molar-refractivity contribution in [1.29, 1.82) is 0 Å². The van der Waals surface area contributed by atoms with E-state index in [1.807, 2.05) is 30.3 Å². The van der Waals surface area contributed by atoms with Crippen LogP contribution in [0.5, 0.6) is 0 Å². The van der Waals surface area contributed by atoms with Crippen LogP contribution in [0.25, 0.3) is 32.3 Å². The quantitative estimate of drug-likeness (QED) is 0.259. The Balaban J connectivity index is 2.33. The highest BCUT2D eigenvalue weighted by molar-refractivity contribution is 6.22. The van der Waals surface area contributed by atoms with Gasteiger partial charge in [-0.1, -0.05) is 60.7 Å². The van der Waals surface area contributed by atoms with E-state index in [1.165, 1.54) is 10.8 Å². The predicted molar refractivity (Wildman–Crippen MR) is 89.0 cm³/mol. The Kier molecular flexibility index (Phi) is 2.55. The smallest absolute Gasteiger partial charge is 0.161 e. The zero-order valence-electron chi connectivity index (χ0n) is 11.8. The third kappa shape index (κ3) is 1.74. The summed E-state index contributed by atoms with van der Waals surface area (Å²) < 4.78 is 0. The van der Waals surface area contributed by atoms with Crippen molar-refractivity contribution in [2.45, 2.75) is 6.92 Å². The van der Waals surface area contributed by atoms with Gasteiger partial charge < -0.3 is 0 Å². The van der Waals surface area contributed by atoms with E-state index in [0.29, 0.717) is 0 Å². The molecule has 0 aliphatic rings. The van der Waals surface area contributed by atoms with E-state index in [4.69, 9.17) is 0 Å². The summed E-state index contributed by atoms with van der Waals surface area (Å²) in [7, 11) is 0. The van der Waals surface area contributed by atoms with Crippen molar-refractivity contribution in [2.75, 3.05) is 0 Å². The molecule has 0 aliphatic heterocycles. The highest BCUT2D eigenvalue weighted by atomic mass is 16.1. The van der Waals surface area contributed by atoms with Crippen LogP contribution < -0.4 is 0 Å². The van der Waals surface area contributed by atoms with E-state index in [0.717, 1.165) is 27.1 Å². The molecule has 0 unspecified atom stereocenters. The molecule has 0 atom stereocenters. The van der Waals surface area contributed by atoms with E-state index >= 15 is 0 Å². The van der Waals surface area contributed by atoms with Crippen molar-refractivity contribution in [3.8, 4) is 0 Å². The number of carbonyl (C=O) groups excluding carboxylic acids is 1. The molecule has 21 heavy (non-hydrogen) atoms. The van der Waals surface area contributed by atoms with Gasteiger partial charge in [0.15, 0.2) is 5.78 Å². The first-order valence-electron chi connectivity index (χ1n) is 7.10. The molecule has 0 saturated carbocycles. The molecule has 4 rings (SSSR count). The van der Waals surface area contributed by atoms with Gasteiger partial charge in [0, 0.05) is 5.56 Å². The summed E-state index contributed by atoms with van der Waals surface area (Å²) in [5, 5.41) is 6.74. The second kappa shape index (κ2) is 4.42. The van der Waals surface area contributed by atoms with Crippen molar-refractivity contribution in [3.63, 3.8) is 0 Å². The van der Waals surface area contributed by atoms with E-state index < -0.39 is 0 Å². The molecule has 4 aromatic carbocycles. The Bertz CT molecular complexity index is 1010. The lowest BCUT2D eigenvalue weighted by Gasteiger charge is -2.11. The van der Waals surface area contributed by atoms with Crippen LogP contribution in [0.4, 0.5) is 0 Å². The molecule has 0 spiro atoms. The number of hydrogen-bond donors (Lipinski definition) is 0. The molecule has 0 aliphatic carbocycles. The zero-order chi connectivity index (χ0) is 14.4. The highest BCUT2D eigenvalue weighted by Gasteiger charge is 2.12. The summed E-state index contributed by atoms with van der Waals surface area (Å²) in [5.41, 5.74) is 0.828. The second-order valence-electron chi connectivity index (χ2n) is 5.41. The predicted octanol–water partition coefficient (Wildman–Crippen LogP) is 5.35. The fraction of sp³-hybridized carbons (Fsp3) is 0.0500. The molecule has 4 aromatic rings. The Hall–Kier alpha value is -2.67. The van der Waals surface area contributed by atoms with Crippen molar-refractivity contribution in [3.05, 3.63) is 72.3 Å². The molecule has 0 N–H and O–H groups in total. The molecule has 0 bridgehead atoms. The first-order valence-corrected chi connectivity index (χ1v) is 7.10. The summed E-state index contributed by atoms with van der Waals surface area (Å²) in [6.07, 6.45) is 0. The van der Waals surface area contributed by atoms with Crippen LogP contribution in [0, 0.1) is 0 Å². The average molecular weight is 270 g/mol. The molecule has 0 saturated heterocycles. The fourth-order valence-electron chi connectivity index (χ4n) is 3.20. The Morgan fingerprint density at radius 3 is 2.10 bits per heavy atom. The van der Waals surface area contributed by atoms with Gasteiger partial charge in [0.25, 0.3) is 0 Å². The SMILES string of the molecule is CC(=O)c1c2ccccc2cc2c1ccc1ccccc12.